The fourth-order valence-corrected chi connectivity index (χ4v) is 5.84. The Morgan fingerprint density at radius 2 is 1.40 bits per heavy atom. The first-order valence-electron chi connectivity index (χ1n) is 14.6. The molecule has 0 saturated heterocycles. The molecule has 0 saturated carbocycles. The molecule has 4 nitrogen and oxygen atoms in total. The Labute approximate surface area is 251 Å². The fraction of sp³-hybridized carbons (Fsp3) is 0.0769. The van der Waals surface area contributed by atoms with Crippen LogP contribution in [-0.4, -0.2) is 14.4 Å². The first-order chi connectivity index (χ1) is 21.1. The molecule has 0 aliphatic carbocycles. The topological polar surface area (TPSA) is 43.3 Å². The van der Waals surface area contributed by atoms with Gasteiger partial charge in [0, 0.05) is 16.5 Å². The van der Waals surface area contributed by atoms with Gasteiger partial charge in [0.25, 0.3) is 0 Å². The number of fused-ring (bicyclic) bond motifs is 5. The van der Waals surface area contributed by atoms with Gasteiger partial charge in [-0.1, -0.05) is 92.9 Å². The van der Waals surface area contributed by atoms with E-state index >= 15 is 0 Å². The van der Waals surface area contributed by atoms with Crippen molar-refractivity contribution in [3.8, 4) is 33.7 Å². The molecular formula is C39H31N3O. The zero-order chi connectivity index (χ0) is 29.5. The van der Waals surface area contributed by atoms with Crippen LogP contribution < -0.4 is 0 Å². The van der Waals surface area contributed by atoms with Crippen molar-refractivity contribution >= 4 is 45.7 Å². The SMILES string of the molecule is C=Cc1c(C=C)n2c3ccccc3nc2c2cc(-c3ccc(-c4ccc(-c5nc(C)c(/C=C\CC)o5)cc4)cc3)ccc12. The molecule has 4 heteroatoms. The highest BCUT2D eigenvalue weighted by molar-refractivity contribution is 6.06. The normalized spacial score (nSPS) is 11.7. The molecular weight excluding hydrogens is 526 g/mol. The van der Waals surface area contributed by atoms with E-state index in [2.05, 4.69) is 114 Å². The summed E-state index contributed by atoms with van der Waals surface area (Å²) in [6.07, 6.45) is 8.85. The van der Waals surface area contributed by atoms with E-state index < -0.39 is 0 Å². The second-order valence-corrected chi connectivity index (χ2v) is 10.7. The molecule has 0 aliphatic rings. The highest BCUT2D eigenvalue weighted by atomic mass is 16.4. The van der Waals surface area contributed by atoms with E-state index in [4.69, 9.17) is 9.40 Å². The molecule has 7 rings (SSSR count). The van der Waals surface area contributed by atoms with Gasteiger partial charge in [0.15, 0.2) is 0 Å². The van der Waals surface area contributed by atoms with Gasteiger partial charge in [0.2, 0.25) is 5.89 Å². The summed E-state index contributed by atoms with van der Waals surface area (Å²) in [5, 5.41) is 2.20. The van der Waals surface area contributed by atoms with Gasteiger partial charge >= 0.3 is 0 Å². The maximum absolute atomic E-state index is 6.00. The molecule has 0 fully saturated rings. The summed E-state index contributed by atoms with van der Waals surface area (Å²) in [6, 6.07) is 31.9. The number of aryl methyl sites for hydroxylation is 1. The third-order valence-electron chi connectivity index (χ3n) is 8.05. The Hall–Kier alpha value is -5.48. The van der Waals surface area contributed by atoms with Crippen LogP contribution >= 0.6 is 0 Å². The van der Waals surface area contributed by atoms with E-state index in [1.807, 2.05) is 37.3 Å². The number of hydrogen-bond donors (Lipinski definition) is 0. The van der Waals surface area contributed by atoms with Gasteiger partial charge in [0.05, 0.1) is 22.4 Å². The Kier molecular flexibility index (Phi) is 6.59. The Bertz CT molecular complexity index is 2190. The van der Waals surface area contributed by atoms with Crippen LogP contribution in [0.3, 0.4) is 0 Å². The number of rotatable bonds is 7. The Morgan fingerprint density at radius 3 is 2.07 bits per heavy atom. The van der Waals surface area contributed by atoms with Crippen molar-refractivity contribution in [3.63, 3.8) is 0 Å². The zero-order valence-corrected chi connectivity index (χ0v) is 24.3. The molecule has 0 bridgehead atoms. The lowest BCUT2D eigenvalue weighted by atomic mass is 9.96. The minimum absolute atomic E-state index is 0.644. The molecule has 0 unspecified atom stereocenters. The van der Waals surface area contributed by atoms with Crippen LogP contribution in [0.5, 0.6) is 0 Å². The predicted octanol–water partition coefficient (Wildman–Crippen LogP) is 10.6. The number of nitrogens with zero attached hydrogens (tertiary/aromatic N) is 3. The molecule has 7 aromatic rings. The van der Waals surface area contributed by atoms with Crippen LogP contribution in [0.4, 0.5) is 0 Å². The lowest BCUT2D eigenvalue weighted by Crippen LogP contribution is -1.97. The van der Waals surface area contributed by atoms with Crippen molar-refractivity contribution in [2.24, 2.45) is 0 Å². The van der Waals surface area contributed by atoms with Crippen molar-refractivity contribution < 1.29 is 4.42 Å². The number of pyridine rings is 1. The summed E-state index contributed by atoms with van der Waals surface area (Å²) in [5.41, 5.74) is 11.4. The van der Waals surface area contributed by atoms with Crippen molar-refractivity contribution in [3.05, 3.63) is 133 Å². The lowest BCUT2D eigenvalue weighted by molar-refractivity contribution is 0.563. The Morgan fingerprint density at radius 1 is 0.744 bits per heavy atom. The van der Waals surface area contributed by atoms with E-state index in [0.29, 0.717) is 5.89 Å². The standard InChI is InChI=1S/C39H31N3O/c1-5-8-13-37-25(4)40-39(43-37)29-20-18-27(19-21-29)26-14-16-28(17-15-26)30-22-23-32-31(6-2)35(7-3)42-36-12-10-9-11-34(36)41-38(42)33(32)24-30/h6-24H,2-3,5H2,1,4H3/b13-8-. The summed E-state index contributed by atoms with van der Waals surface area (Å²) < 4.78 is 8.20. The highest BCUT2D eigenvalue weighted by Crippen LogP contribution is 2.35. The molecule has 0 amide bonds. The predicted molar refractivity (Wildman–Crippen MR) is 181 cm³/mol. The van der Waals surface area contributed by atoms with E-state index in [-0.39, 0.29) is 0 Å². The fourth-order valence-electron chi connectivity index (χ4n) is 5.84. The molecule has 0 radical (unpaired) electrons. The average Bonchev–Trinajstić information content (AvgIpc) is 3.63. The number of benzene rings is 4. The first-order valence-corrected chi connectivity index (χ1v) is 14.6. The molecule has 43 heavy (non-hydrogen) atoms. The molecule has 0 N–H and O–H groups in total. The Balaban J connectivity index is 1.24. The summed E-state index contributed by atoms with van der Waals surface area (Å²) in [7, 11) is 0. The smallest absolute Gasteiger partial charge is 0.226 e. The lowest BCUT2D eigenvalue weighted by Gasteiger charge is -2.13. The number of oxazole rings is 1. The number of hydrogen-bond acceptors (Lipinski definition) is 3. The van der Waals surface area contributed by atoms with E-state index in [0.717, 1.165) is 84.4 Å². The average molecular weight is 558 g/mol. The third-order valence-corrected chi connectivity index (χ3v) is 8.05. The number of imidazole rings is 1. The minimum Gasteiger partial charge on any atom is -0.436 e. The highest BCUT2D eigenvalue weighted by Gasteiger charge is 2.16. The number of allylic oxidation sites excluding steroid dienone is 1. The molecule has 0 spiro atoms. The first kappa shape index (κ1) is 26.4. The van der Waals surface area contributed by atoms with Crippen LogP contribution in [0.2, 0.25) is 0 Å². The van der Waals surface area contributed by atoms with Gasteiger partial charge in [-0.3, -0.25) is 4.40 Å². The zero-order valence-electron chi connectivity index (χ0n) is 24.3. The van der Waals surface area contributed by atoms with E-state index in [1.54, 1.807) is 0 Å². The van der Waals surface area contributed by atoms with Gasteiger partial charge in [-0.25, -0.2) is 9.97 Å². The number of aromatic nitrogens is 3. The molecule has 3 aromatic heterocycles. The molecule has 0 aliphatic heterocycles. The summed E-state index contributed by atoms with van der Waals surface area (Å²) in [5.74, 6) is 1.46. The van der Waals surface area contributed by atoms with E-state index in [1.165, 1.54) is 0 Å². The van der Waals surface area contributed by atoms with Crippen LogP contribution in [0.1, 0.15) is 36.1 Å². The number of para-hydroxylation sites is 2. The van der Waals surface area contributed by atoms with Crippen LogP contribution in [0.25, 0.3) is 79.4 Å². The van der Waals surface area contributed by atoms with Crippen LogP contribution in [0.15, 0.2) is 115 Å². The maximum atomic E-state index is 6.00. The monoisotopic (exact) mass is 557 g/mol. The van der Waals surface area contributed by atoms with Crippen molar-refractivity contribution in [2.75, 3.05) is 0 Å². The maximum Gasteiger partial charge on any atom is 0.226 e. The summed E-state index contributed by atoms with van der Waals surface area (Å²) in [4.78, 5) is 9.65. The van der Waals surface area contributed by atoms with Gasteiger partial charge in [0.1, 0.15) is 11.4 Å². The second kappa shape index (κ2) is 10.7. The van der Waals surface area contributed by atoms with Gasteiger partial charge < -0.3 is 4.42 Å². The molecule has 4 aromatic carbocycles. The van der Waals surface area contributed by atoms with Crippen LogP contribution in [0, 0.1) is 6.92 Å². The second-order valence-electron chi connectivity index (χ2n) is 10.7. The minimum atomic E-state index is 0.644. The quantitative estimate of drug-likeness (QED) is 0.196. The van der Waals surface area contributed by atoms with Gasteiger partial charge in [-0.15, -0.1) is 0 Å². The molecule has 0 atom stereocenters. The van der Waals surface area contributed by atoms with Crippen molar-refractivity contribution in [1.82, 2.24) is 14.4 Å². The molecule has 3 heterocycles. The van der Waals surface area contributed by atoms with E-state index in [9.17, 15) is 0 Å². The van der Waals surface area contributed by atoms with Crippen LogP contribution in [-0.2, 0) is 0 Å². The van der Waals surface area contributed by atoms with Crippen molar-refractivity contribution in [1.29, 1.82) is 0 Å². The third kappa shape index (κ3) is 4.48. The summed E-state index contributed by atoms with van der Waals surface area (Å²) in [6.45, 7) is 12.3. The largest absolute Gasteiger partial charge is 0.436 e. The van der Waals surface area contributed by atoms with Gasteiger partial charge in [-0.05, 0) is 83.5 Å². The summed E-state index contributed by atoms with van der Waals surface area (Å²) >= 11 is 0. The van der Waals surface area contributed by atoms with Gasteiger partial charge in [-0.2, -0.15) is 0 Å². The van der Waals surface area contributed by atoms with Crippen molar-refractivity contribution in [2.45, 2.75) is 20.3 Å². The molecule has 208 valence electrons.